The monoisotopic (exact) mass is 487 g/mol. The van der Waals surface area contributed by atoms with Gasteiger partial charge in [-0.2, -0.15) is 0 Å². The maximum absolute atomic E-state index is 12.9. The van der Waals surface area contributed by atoms with Crippen LogP contribution in [0.4, 0.5) is 11.5 Å². The Morgan fingerprint density at radius 2 is 2.00 bits per heavy atom. The summed E-state index contributed by atoms with van der Waals surface area (Å²) in [5.74, 6) is -1.77. The molecule has 0 atom stereocenters. The van der Waals surface area contributed by atoms with Gasteiger partial charge in [-0.3, -0.25) is 24.0 Å². The largest absolute Gasteiger partial charge is 0.452 e. The van der Waals surface area contributed by atoms with Crippen LogP contribution in [0.5, 0.6) is 0 Å². The maximum atomic E-state index is 12.9. The third kappa shape index (κ3) is 6.09. The molecule has 0 spiro atoms. The van der Waals surface area contributed by atoms with Crippen LogP contribution in [0.25, 0.3) is 0 Å². The minimum atomic E-state index is -0.872. The molecule has 2 aromatic heterocycles. The lowest BCUT2D eigenvalue weighted by Crippen LogP contribution is -2.44. The number of anilines is 2. The number of nitrogens with zero attached hydrogens (tertiary/aromatic N) is 3. The molecule has 0 saturated carbocycles. The van der Waals surface area contributed by atoms with E-state index in [2.05, 4.69) is 9.97 Å². The highest BCUT2D eigenvalue weighted by atomic mass is 35.5. The van der Waals surface area contributed by atoms with E-state index in [0.29, 0.717) is 0 Å². The molecular formula is C19H23Cl2N5O6. The van der Waals surface area contributed by atoms with Gasteiger partial charge in [-0.25, -0.2) is 14.6 Å². The van der Waals surface area contributed by atoms with Crippen LogP contribution in [0.15, 0.2) is 21.9 Å². The summed E-state index contributed by atoms with van der Waals surface area (Å²) in [6.07, 6.45) is 1.15. The number of aromatic nitrogens is 3. The molecule has 2 aromatic rings. The normalized spacial score (nSPS) is 10.9. The van der Waals surface area contributed by atoms with E-state index < -0.39 is 29.7 Å². The van der Waals surface area contributed by atoms with Crippen molar-refractivity contribution in [3.63, 3.8) is 0 Å². The number of nitrogens with two attached hydrogens (primary N) is 1. The van der Waals surface area contributed by atoms with Crippen LogP contribution in [0.3, 0.4) is 0 Å². The van der Waals surface area contributed by atoms with E-state index in [1.165, 1.54) is 17.7 Å². The summed E-state index contributed by atoms with van der Waals surface area (Å²) in [6, 6.07) is 1.25. The van der Waals surface area contributed by atoms with Gasteiger partial charge in [0.05, 0.1) is 17.2 Å². The van der Waals surface area contributed by atoms with Gasteiger partial charge in [0.25, 0.3) is 11.5 Å². The predicted octanol–water partition coefficient (Wildman–Crippen LogP) is 1.31. The molecule has 11 nitrogen and oxygen atoms in total. The number of aromatic amines is 1. The molecule has 32 heavy (non-hydrogen) atoms. The average Bonchev–Trinajstić information content (AvgIpc) is 2.73. The molecule has 2 rings (SSSR count). The molecule has 1 amide bonds. The summed E-state index contributed by atoms with van der Waals surface area (Å²) >= 11 is 11.6. The molecule has 0 fully saturated rings. The lowest BCUT2D eigenvalue weighted by molar-refractivity contribution is -0.121. The standard InChI is InChI=1S/C19H23Cl2N5O6/c1-10(2)8-26-16(22)14(17(28)24-19(26)30)25(4-5-31-3)13(27)9-32-18(29)11-6-12(20)15(21)23-7-11/h6-7,10H,4-5,8-9,22H2,1-3H3,(H,24,28,30). The van der Waals surface area contributed by atoms with Gasteiger partial charge in [0.15, 0.2) is 12.3 Å². The van der Waals surface area contributed by atoms with Gasteiger partial charge in [0, 0.05) is 26.4 Å². The number of hydrogen-bond donors (Lipinski definition) is 2. The number of nitrogens with one attached hydrogen (secondary N) is 1. The first-order valence-electron chi connectivity index (χ1n) is 9.46. The van der Waals surface area contributed by atoms with E-state index in [9.17, 15) is 19.2 Å². The first-order chi connectivity index (χ1) is 15.1. The zero-order valence-corrected chi connectivity index (χ0v) is 19.2. The van der Waals surface area contributed by atoms with Gasteiger partial charge < -0.3 is 15.2 Å². The molecule has 3 N–H and O–H groups in total. The summed E-state index contributed by atoms with van der Waals surface area (Å²) in [5, 5.41) is 0.0529. The van der Waals surface area contributed by atoms with Crippen molar-refractivity contribution in [2.45, 2.75) is 20.4 Å². The summed E-state index contributed by atoms with van der Waals surface area (Å²) < 4.78 is 11.2. The number of carbonyl (C=O) groups is 2. The predicted molar refractivity (Wildman–Crippen MR) is 119 cm³/mol. The van der Waals surface area contributed by atoms with E-state index in [4.69, 9.17) is 38.4 Å². The summed E-state index contributed by atoms with van der Waals surface area (Å²) in [4.78, 5) is 56.7. The molecule has 174 valence electrons. The van der Waals surface area contributed by atoms with Gasteiger partial charge in [-0.1, -0.05) is 37.0 Å². The first-order valence-corrected chi connectivity index (χ1v) is 10.2. The zero-order valence-electron chi connectivity index (χ0n) is 17.7. The van der Waals surface area contributed by atoms with Gasteiger partial charge in [0.1, 0.15) is 11.0 Å². The number of esters is 1. The molecule has 0 aliphatic carbocycles. The number of ether oxygens (including phenoxy) is 2. The fourth-order valence-corrected chi connectivity index (χ4v) is 3.02. The van der Waals surface area contributed by atoms with E-state index in [1.54, 1.807) is 0 Å². The third-order valence-electron chi connectivity index (χ3n) is 4.21. The molecule has 0 bridgehead atoms. The van der Waals surface area contributed by atoms with Crippen molar-refractivity contribution in [2.75, 3.05) is 37.5 Å². The van der Waals surface area contributed by atoms with E-state index >= 15 is 0 Å². The fraction of sp³-hybridized carbons (Fsp3) is 0.421. The smallest absolute Gasteiger partial charge is 0.340 e. The van der Waals surface area contributed by atoms with Crippen LogP contribution in [-0.2, 0) is 20.8 Å². The second kappa shape index (κ2) is 11.1. The van der Waals surface area contributed by atoms with Gasteiger partial charge in [0.2, 0.25) is 0 Å². The number of H-pyrrole nitrogens is 1. The topological polar surface area (TPSA) is 150 Å². The van der Waals surface area contributed by atoms with Crippen LogP contribution in [0.1, 0.15) is 24.2 Å². The molecule has 0 aliphatic rings. The Morgan fingerprint density at radius 3 is 2.59 bits per heavy atom. The number of hydrogen-bond acceptors (Lipinski definition) is 8. The molecule has 0 aliphatic heterocycles. The Labute approximate surface area is 193 Å². The van der Waals surface area contributed by atoms with E-state index in [0.717, 1.165) is 11.1 Å². The Bertz CT molecular complexity index is 1110. The Balaban J connectivity index is 2.32. The van der Waals surface area contributed by atoms with Crippen LogP contribution < -0.4 is 21.9 Å². The van der Waals surface area contributed by atoms with Gasteiger partial charge >= 0.3 is 11.7 Å². The Morgan fingerprint density at radius 1 is 1.31 bits per heavy atom. The quantitative estimate of drug-likeness (QED) is 0.396. The maximum Gasteiger partial charge on any atom is 0.340 e. The zero-order chi connectivity index (χ0) is 24.0. The Hall–Kier alpha value is -2.89. The summed E-state index contributed by atoms with van der Waals surface area (Å²) in [5.41, 5.74) is 4.29. The first kappa shape index (κ1) is 25.4. The Kier molecular flexibility index (Phi) is 8.81. The molecule has 0 aromatic carbocycles. The van der Waals surface area contributed by atoms with Crippen molar-refractivity contribution < 1.29 is 19.1 Å². The molecular weight excluding hydrogens is 465 g/mol. The molecule has 0 saturated heterocycles. The van der Waals surface area contributed by atoms with Crippen molar-refractivity contribution in [1.82, 2.24) is 14.5 Å². The summed E-state index contributed by atoms with van der Waals surface area (Å²) in [6.45, 7) is 3.21. The average molecular weight is 488 g/mol. The van der Waals surface area contributed by atoms with E-state index in [1.807, 2.05) is 13.8 Å². The number of rotatable bonds is 9. The molecule has 0 radical (unpaired) electrons. The van der Waals surface area contributed by atoms with Crippen molar-refractivity contribution in [1.29, 1.82) is 0 Å². The van der Waals surface area contributed by atoms with Crippen LogP contribution in [0, 0.1) is 5.92 Å². The number of methoxy groups -OCH3 is 1. The van der Waals surface area contributed by atoms with Crippen LogP contribution in [-0.4, -0.2) is 53.3 Å². The van der Waals surface area contributed by atoms with Crippen molar-refractivity contribution in [2.24, 2.45) is 5.92 Å². The van der Waals surface area contributed by atoms with Crippen molar-refractivity contribution >= 4 is 46.6 Å². The highest BCUT2D eigenvalue weighted by Gasteiger charge is 2.25. The minimum Gasteiger partial charge on any atom is -0.452 e. The number of pyridine rings is 1. The van der Waals surface area contributed by atoms with E-state index in [-0.39, 0.29) is 52.9 Å². The highest BCUT2D eigenvalue weighted by molar-refractivity contribution is 6.41. The molecule has 2 heterocycles. The van der Waals surface area contributed by atoms with Crippen molar-refractivity contribution in [3.05, 3.63) is 48.8 Å². The lowest BCUT2D eigenvalue weighted by atomic mass is 10.2. The highest BCUT2D eigenvalue weighted by Crippen LogP contribution is 2.21. The van der Waals surface area contributed by atoms with Gasteiger partial charge in [-0.05, 0) is 12.0 Å². The number of nitrogen functional groups attached to an aromatic ring is 1. The van der Waals surface area contributed by atoms with Crippen LogP contribution >= 0.6 is 23.2 Å². The second-order valence-electron chi connectivity index (χ2n) is 7.11. The molecule has 0 unspecified atom stereocenters. The second-order valence-corrected chi connectivity index (χ2v) is 7.87. The fourth-order valence-electron chi connectivity index (χ4n) is 2.75. The van der Waals surface area contributed by atoms with Crippen molar-refractivity contribution in [3.8, 4) is 0 Å². The molecule has 13 heteroatoms. The lowest BCUT2D eigenvalue weighted by Gasteiger charge is -2.24. The number of carbonyl (C=O) groups excluding carboxylic acids is 2. The van der Waals surface area contributed by atoms with Crippen LogP contribution in [0.2, 0.25) is 10.2 Å². The number of halogens is 2. The minimum absolute atomic E-state index is 0.0104. The SMILES string of the molecule is COCCN(C(=O)COC(=O)c1cnc(Cl)c(Cl)c1)c1c(N)n(CC(C)C)c(=O)[nH]c1=O. The third-order valence-corrected chi connectivity index (χ3v) is 4.90. The summed E-state index contributed by atoms with van der Waals surface area (Å²) in [7, 11) is 1.41. The number of amides is 1. The van der Waals surface area contributed by atoms with Gasteiger partial charge in [-0.15, -0.1) is 0 Å².